The Morgan fingerprint density at radius 3 is 2.47 bits per heavy atom. The minimum absolute atomic E-state index is 0.298. The van der Waals surface area contributed by atoms with Gasteiger partial charge in [-0.25, -0.2) is 9.78 Å². The fourth-order valence-electron chi connectivity index (χ4n) is 1.24. The van der Waals surface area contributed by atoms with Crippen molar-refractivity contribution < 1.29 is 9.90 Å². The molecule has 3 nitrogen and oxygen atoms in total. The predicted octanol–water partition coefficient (Wildman–Crippen LogP) is 2.82. The van der Waals surface area contributed by atoms with Gasteiger partial charge in [0, 0.05) is 16.6 Å². The van der Waals surface area contributed by atoms with E-state index in [1.165, 1.54) is 0 Å². The molecule has 1 aromatic carbocycles. The van der Waals surface area contributed by atoms with Crippen molar-refractivity contribution in [1.82, 2.24) is 4.98 Å². The smallest absolute Gasteiger partial charge is 0.335 e. The molecule has 0 aliphatic carbocycles. The first-order chi connectivity index (χ1) is 7.16. The van der Waals surface area contributed by atoms with E-state index in [0.717, 1.165) is 15.4 Å². The summed E-state index contributed by atoms with van der Waals surface area (Å²) in [7, 11) is 0. The largest absolute Gasteiger partial charge is 0.478 e. The maximum Gasteiger partial charge on any atom is 0.335 e. The van der Waals surface area contributed by atoms with Crippen LogP contribution in [0.25, 0.3) is 10.6 Å². The quantitative estimate of drug-likeness (QED) is 0.844. The van der Waals surface area contributed by atoms with Gasteiger partial charge in [0.15, 0.2) is 0 Å². The minimum atomic E-state index is -0.906. The fourth-order valence-corrected chi connectivity index (χ4v) is 2.01. The topological polar surface area (TPSA) is 50.2 Å². The Labute approximate surface area is 91.0 Å². The first-order valence-corrected chi connectivity index (χ1v) is 5.24. The first-order valence-electron chi connectivity index (χ1n) is 4.43. The minimum Gasteiger partial charge on any atom is -0.478 e. The van der Waals surface area contributed by atoms with Gasteiger partial charge in [-0.05, 0) is 19.1 Å². The van der Waals surface area contributed by atoms with Crippen molar-refractivity contribution in [3.8, 4) is 10.6 Å². The lowest BCUT2D eigenvalue weighted by molar-refractivity contribution is 0.0697. The van der Waals surface area contributed by atoms with E-state index in [-0.39, 0.29) is 0 Å². The molecule has 76 valence electrons. The normalized spacial score (nSPS) is 10.2. The summed E-state index contributed by atoms with van der Waals surface area (Å²) in [5.41, 5.74) is 1.25. The summed E-state index contributed by atoms with van der Waals surface area (Å²) in [4.78, 5) is 16.0. The molecule has 0 saturated carbocycles. The Morgan fingerprint density at radius 1 is 1.33 bits per heavy atom. The van der Waals surface area contributed by atoms with Gasteiger partial charge in [-0.2, -0.15) is 0 Å². The van der Waals surface area contributed by atoms with Crippen LogP contribution in [0.1, 0.15) is 15.2 Å². The summed E-state index contributed by atoms with van der Waals surface area (Å²) >= 11 is 1.60. The number of carboxylic acids is 1. The van der Waals surface area contributed by atoms with Gasteiger partial charge in [-0.15, -0.1) is 11.3 Å². The lowest BCUT2D eigenvalue weighted by Crippen LogP contribution is -1.94. The molecule has 0 aliphatic rings. The van der Waals surface area contributed by atoms with E-state index in [1.54, 1.807) is 35.6 Å². The van der Waals surface area contributed by atoms with Gasteiger partial charge in [0.25, 0.3) is 0 Å². The number of aryl methyl sites for hydroxylation is 1. The average Bonchev–Trinajstić information content (AvgIpc) is 2.65. The predicted molar refractivity (Wildman–Crippen MR) is 59.2 cm³/mol. The summed E-state index contributed by atoms with van der Waals surface area (Å²) in [5.74, 6) is -0.906. The molecular weight excluding hydrogens is 210 g/mol. The van der Waals surface area contributed by atoms with Crippen molar-refractivity contribution in [2.24, 2.45) is 0 Å². The molecule has 0 bridgehead atoms. The van der Waals surface area contributed by atoms with E-state index in [0.29, 0.717) is 5.56 Å². The fraction of sp³-hybridized carbons (Fsp3) is 0.0909. The van der Waals surface area contributed by atoms with Crippen LogP contribution < -0.4 is 0 Å². The highest BCUT2D eigenvalue weighted by molar-refractivity contribution is 7.14. The van der Waals surface area contributed by atoms with Gasteiger partial charge in [0.05, 0.1) is 5.56 Å². The summed E-state index contributed by atoms with van der Waals surface area (Å²) in [5, 5.41) is 9.66. The molecule has 0 atom stereocenters. The zero-order chi connectivity index (χ0) is 10.8. The number of hydrogen-bond acceptors (Lipinski definition) is 3. The molecule has 1 aromatic heterocycles. The third-order valence-corrected chi connectivity index (χ3v) is 2.96. The third-order valence-electron chi connectivity index (χ3n) is 2.00. The van der Waals surface area contributed by atoms with Crippen LogP contribution in [-0.4, -0.2) is 16.1 Å². The van der Waals surface area contributed by atoms with Crippen molar-refractivity contribution >= 4 is 17.3 Å². The van der Waals surface area contributed by atoms with Crippen molar-refractivity contribution in [3.63, 3.8) is 0 Å². The van der Waals surface area contributed by atoms with E-state index in [2.05, 4.69) is 4.98 Å². The summed E-state index contributed by atoms with van der Waals surface area (Å²) in [6.07, 6.45) is 1.81. The van der Waals surface area contributed by atoms with Gasteiger partial charge in [-0.1, -0.05) is 12.1 Å². The highest BCUT2D eigenvalue weighted by Gasteiger charge is 2.05. The highest BCUT2D eigenvalue weighted by Crippen LogP contribution is 2.24. The standard InChI is InChI=1S/C11H9NO2S/c1-7-6-12-10(15-7)8-2-4-9(5-3-8)11(13)14/h2-6H,1H3,(H,13,14). The van der Waals surface area contributed by atoms with Crippen LogP contribution in [0.15, 0.2) is 30.5 Å². The van der Waals surface area contributed by atoms with Gasteiger partial charge in [0.1, 0.15) is 5.01 Å². The molecule has 0 amide bonds. The number of aromatic carboxylic acids is 1. The molecule has 0 saturated heterocycles. The van der Waals surface area contributed by atoms with E-state index < -0.39 is 5.97 Å². The SMILES string of the molecule is Cc1cnc(-c2ccc(C(=O)O)cc2)s1. The Kier molecular flexibility index (Phi) is 2.51. The zero-order valence-electron chi connectivity index (χ0n) is 8.10. The number of carbonyl (C=O) groups is 1. The second-order valence-electron chi connectivity index (χ2n) is 3.16. The second-order valence-corrected chi connectivity index (χ2v) is 4.39. The van der Waals surface area contributed by atoms with E-state index >= 15 is 0 Å². The van der Waals surface area contributed by atoms with Crippen LogP contribution >= 0.6 is 11.3 Å². The maximum absolute atomic E-state index is 10.6. The molecule has 0 radical (unpaired) electrons. The molecule has 2 rings (SSSR count). The third kappa shape index (κ3) is 2.05. The number of rotatable bonds is 2. The average molecular weight is 219 g/mol. The Bertz CT molecular complexity index is 488. The Hall–Kier alpha value is -1.68. The number of thiazole rings is 1. The molecular formula is C11H9NO2S. The van der Waals surface area contributed by atoms with Gasteiger partial charge >= 0.3 is 5.97 Å². The van der Waals surface area contributed by atoms with Crippen molar-refractivity contribution in [2.75, 3.05) is 0 Å². The van der Waals surface area contributed by atoms with Crippen LogP contribution in [-0.2, 0) is 0 Å². The van der Waals surface area contributed by atoms with Crippen molar-refractivity contribution in [2.45, 2.75) is 6.92 Å². The molecule has 0 unspecified atom stereocenters. The first kappa shape index (κ1) is 9.86. The second kappa shape index (κ2) is 3.82. The maximum atomic E-state index is 10.6. The monoisotopic (exact) mass is 219 g/mol. The molecule has 0 spiro atoms. The lowest BCUT2D eigenvalue weighted by Gasteiger charge is -1.97. The number of hydrogen-bond donors (Lipinski definition) is 1. The lowest BCUT2D eigenvalue weighted by atomic mass is 10.1. The number of nitrogens with zero attached hydrogens (tertiary/aromatic N) is 1. The summed E-state index contributed by atoms with van der Waals surface area (Å²) in [6.45, 7) is 1.99. The number of aromatic nitrogens is 1. The van der Waals surface area contributed by atoms with Crippen LogP contribution in [0, 0.1) is 6.92 Å². The molecule has 1 N–H and O–H groups in total. The molecule has 1 heterocycles. The van der Waals surface area contributed by atoms with E-state index in [4.69, 9.17) is 5.11 Å². The Balaban J connectivity index is 2.35. The zero-order valence-corrected chi connectivity index (χ0v) is 8.91. The molecule has 15 heavy (non-hydrogen) atoms. The van der Waals surface area contributed by atoms with E-state index in [9.17, 15) is 4.79 Å². The van der Waals surface area contributed by atoms with Crippen LogP contribution in [0.4, 0.5) is 0 Å². The van der Waals surface area contributed by atoms with Crippen molar-refractivity contribution in [1.29, 1.82) is 0 Å². The Morgan fingerprint density at radius 2 is 2.00 bits per heavy atom. The summed E-state index contributed by atoms with van der Waals surface area (Å²) in [6, 6.07) is 6.74. The summed E-state index contributed by atoms with van der Waals surface area (Å²) < 4.78 is 0. The number of benzene rings is 1. The molecule has 2 aromatic rings. The van der Waals surface area contributed by atoms with Crippen molar-refractivity contribution in [3.05, 3.63) is 40.9 Å². The van der Waals surface area contributed by atoms with E-state index in [1.807, 2.05) is 13.1 Å². The van der Waals surface area contributed by atoms with Gasteiger partial charge < -0.3 is 5.11 Å². The highest BCUT2D eigenvalue weighted by atomic mass is 32.1. The van der Waals surface area contributed by atoms with Gasteiger partial charge in [-0.3, -0.25) is 0 Å². The number of carboxylic acid groups (broad SMARTS) is 1. The van der Waals surface area contributed by atoms with Crippen LogP contribution in [0.2, 0.25) is 0 Å². The van der Waals surface area contributed by atoms with Crippen LogP contribution in [0.3, 0.4) is 0 Å². The molecule has 0 aliphatic heterocycles. The molecule has 0 fully saturated rings. The molecule has 4 heteroatoms. The van der Waals surface area contributed by atoms with Crippen LogP contribution in [0.5, 0.6) is 0 Å². The van der Waals surface area contributed by atoms with Gasteiger partial charge in [0.2, 0.25) is 0 Å².